The molecule has 0 spiro atoms. The Balaban J connectivity index is 1.20. The molecule has 1 N–H and O–H groups in total. The van der Waals surface area contributed by atoms with E-state index in [-0.39, 0.29) is 16.7 Å². The van der Waals surface area contributed by atoms with E-state index in [1.54, 1.807) is 24.3 Å². The number of amides is 1. The lowest BCUT2D eigenvalue weighted by atomic mass is 9.96. The van der Waals surface area contributed by atoms with E-state index < -0.39 is 10.0 Å². The van der Waals surface area contributed by atoms with Gasteiger partial charge in [0.05, 0.1) is 17.4 Å². The molecule has 34 heavy (non-hydrogen) atoms. The average molecular weight is 506 g/mol. The Kier molecular flexibility index (Phi) is 8.47. The van der Waals surface area contributed by atoms with Crippen LogP contribution in [0.25, 0.3) is 0 Å². The second-order valence-corrected chi connectivity index (χ2v) is 11.2. The zero-order chi connectivity index (χ0) is 24.0. The highest BCUT2D eigenvalue weighted by molar-refractivity contribution is 7.89. The monoisotopic (exact) mass is 505 g/mol. The van der Waals surface area contributed by atoms with Gasteiger partial charge in [0.25, 0.3) is 0 Å². The molecule has 0 aromatic heterocycles. The maximum absolute atomic E-state index is 12.7. The summed E-state index contributed by atoms with van der Waals surface area (Å²) in [6.07, 6.45) is 3.67. The minimum absolute atomic E-state index is 0.0412. The molecule has 0 bridgehead atoms. The fourth-order valence-electron chi connectivity index (χ4n) is 4.55. The number of hydrogen-bond acceptors (Lipinski definition) is 5. The van der Waals surface area contributed by atoms with Crippen LogP contribution in [0, 0.1) is 5.92 Å². The summed E-state index contributed by atoms with van der Waals surface area (Å²) in [5.74, 6) is 0.573. The number of benzene rings is 2. The second-order valence-electron chi connectivity index (χ2n) is 8.89. The normalized spacial score (nSPS) is 19.7. The van der Waals surface area contributed by atoms with E-state index in [1.165, 1.54) is 4.31 Å². The Hall–Kier alpha value is -2.13. The van der Waals surface area contributed by atoms with Crippen LogP contribution in [0.4, 0.5) is 0 Å². The lowest BCUT2D eigenvalue weighted by molar-refractivity contribution is -0.126. The number of carbonyl (C=O) groups excluding carboxylic acids is 1. The molecule has 2 aromatic carbocycles. The first-order valence-corrected chi connectivity index (χ1v) is 13.7. The molecule has 2 aliphatic rings. The summed E-state index contributed by atoms with van der Waals surface area (Å²) in [6.45, 7) is 4.30. The zero-order valence-corrected chi connectivity index (χ0v) is 20.9. The van der Waals surface area contributed by atoms with Gasteiger partial charge in [0, 0.05) is 31.2 Å². The number of hydrogen-bond donors (Lipinski definition) is 1. The van der Waals surface area contributed by atoms with Crippen LogP contribution in [0.3, 0.4) is 0 Å². The van der Waals surface area contributed by atoms with Crippen molar-refractivity contribution in [2.24, 2.45) is 5.92 Å². The zero-order valence-electron chi connectivity index (χ0n) is 19.3. The van der Waals surface area contributed by atoms with Crippen molar-refractivity contribution in [1.29, 1.82) is 0 Å². The number of rotatable bonds is 9. The summed E-state index contributed by atoms with van der Waals surface area (Å²) in [5, 5.41) is 3.73. The van der Waals surface area contributed by atoms with Gasteiger partial charge in [-0.1, -0.05) is 29.8 Å². The number of nitrogens with one attached hydrogen (secondary N) is 1. The summed E-state index contributed by atoms with van der Waals surface area (Å²) in [4.78, 5) is 15.2. The maximum Gasteiger partial charge on any atom is 0.243 e. The number of halogens is 1. The molecule has 0 saturated carbocycles. The second kappa shape index (κ2) is 11.5. The highest BCUT2D eigenvalue weighted by atomic mass is 35.5. The Labute approximate surface area is 207 Å². The van der Waals surface area contributed by atoms with Crippen molar-refractivity contribution in [3.8, 4) is 5.75 Å². The molecule has 0 aliphatic carbocycles. The Morgan fingerprint density at radius 3 is 2.50 bits per heavy atom. The van der Waals surface area contributed by atoms with E-state index in [0.29, 0.717) is 38.5 Å². The van der Waals surface area contributed by atoms with Crippen LogP contribution in [0.5, 0.6) is 5.75 Å². The molecular formula is C25H32ClN3O4S. The third-order valence-electron chi connectivity index (χ3n) is 6.42. The number of nitrogens with zero attached hydrogens (tertiary/aromatic N) is 2. The van der Waals surface area contributed by atoms with Crippen LogP contribution >= 0.6 is 11.6 Å². The van der Waals surface area contributed by atoms with E-state index in [9.17, 15) is 13.2 Å². The molecule has 184 valence electrons. The molecule has 0 radical (unpaired) electrons. The van der Waals surface area contributed by atoms with Crippen LogP contribution in [-0.2, 0) is 21.4 Å². The molecule has 2 fully saturated rings. The van der Waals surface area contributed by atoms with Crippen LogP contribution in [-0.4, -0.2) is 62.9 Å². The average Bonchev–Trinajstić information content (AvgIpc) is 3.40. The van der Waals surface area contributed by atoms with E-state index in [4.69, 9.17) is 16.3 Å². The number of piperidine rings is 1. The Morgan fingerprint density at radius 2 is 1.76 bits per heavy atom. The molecule has 2 saturated heterocycles. The third kappa shape index (κ3) is 6.30. The van der Waals surface area contributed by atoms with Crippen molar-refractivity contribution >= 4 is 27.5 Å². The fourth-order valence-corrected chi connectivity index (χ4v) is 6.27. The van der Waals surface area contributed by atoms with Crippen LogP contribution in [0.15, 0.2) is 53.4 Å². The predicted octanol–water partition coefficient (Wildman–Crippen LogP) is 3.53. The van der Waals surface area contributed by atoms with E-state index in [2.05, 4.69) is 10.2 Å². The van der Waals surface area contributed by atoms with Gasteiger partial charge in [0.1, 0.15) is 12.4 Å². The van der Waals surface area contributed by atoms with Crippen LogP contribution in [0.1, 0.15) is 31.2 Å². The molecule has 1 amide bonds. The Morgan fingerprint density at radius 1 is 1.03 bits per heavy atom. The highest BCUT2D eigenvalue weighted by Crippen LogP contribution is 2.24. The molecule has 9 heteroatoms. The smallest absolute Gasteiger partial charge is 0.243 e. The van der Waals surface area contributed by atoms with Gasteiger partial charge in [-0.3, -0.25) is 9.69 Å². The van der Waals surface area contributed by atoms with Gasteiger partial charge in [0.2, 0.25) is 15.9 Å². The van der Waals surface area contributed by atoms with Crippen molar-refractivity contribution in [3.05, 3.63) is 59.1 Å². The van der Waals surface area contributed by atoms with Crippen molar-refractivity contribution < 1.29 is 17.9 Å². The van der Waals surface area contributed by atoms with Crippen LogP contribution in [0.2, 0.25) is 5.02 Å². The Bertz CT molecular complexity index is 1070. The topological polar surface area (TPSA) is 78.9 Å². The number of ether oxygens (including phenoxy) is 1. The molecule has 0 unspecified atom stereocenters. The van der Waals surface area contributed by atoms with Gasteiger partial charge in [-0.25, -0.2) is 8.42 Å². The third-order valence-corrected chi connectivity index (χ3v) is 8.71. The van der Waals surface area contributed by atoms with Gasteiger partial charge in [-0.15, -0.1) is 0 Å². The molecule has 1 atom stereocenters. The largest absolute Gasteiger partial charge is 0.492 e. The molecular weight excluding hydrogens is 474 g/mol. The van der Waals surface area contributed by atoms with Crippen molar-refractivity contribution in [3.63, 3.8) is 0 Å². The molecule has 2 heterocycles. The maximum atomic E-state index is 12.7. The van der Waals surface area contributed by atoms with E-state index >= 15 is 0 Å². The predicted molar refractivity (Wildman–Crippen MR) is 132 cm³/mol. The number of likely N-dealkylation sites (tertiary alicyclic amines) is 1. The lowest BCUT2D eigenvalue weighted by Crippen LogP contribution is -2.43. The van der Waals surface area contributed by atoms with Gasteiger partial charge >= 0.3 is 0 Å². The van der Waals surface area contributed by atoms with Gasteiger partial charge in [0.15, 0.2) is 0 Å². The van der Waals surface area contributed by atoms with Gasteiger partial charge in [-0.05, 0) is 68.1 Å². The SMILES string of the molecule is O=C(NCCOc1ccc(S(=O)(=O)N2CCCC2)cc1)[C@@H]1CCCN(Cc2ccccc2Cl)C1. The van der Waals surface area contributed by atoms with Crippen LogP contribution < -0.4 is 10.1 Å². The molecule has 2 aliphatic heterocycles. The molecule has 7 nitrogen and oxygen atoms in total. The first-order valence-electron chi connectivity index (χ1n) is 11.9. The molecule has 4 rings (SSSR count). The summed E-state index contributed by atoms with van der Waals surface area (Å²) < 4.78 is 32.4. The highest BCUT2D eigenvalue weighted by Gasteiger charge is 2.27. The lowest BCUT2D eigenvalue weighted by Gasteiger charge is -2.32. The van der Waals surface area contributed by atoms with E-state index in [0.717, 1.165) is 49.4 Å². The first-order chi connectivity index (χ1) is 16.4. The van der Waals surface area contributed by atoms with Crippen molar-refractivity contribution in [2.45, 2.75) is 37.1 Å². The summed E-state index contributed by atoms with van der Waals surface area (Å²) in [5.41, 5.74) is 1.08. The minimum Gasteiger partial charge on any atom is -0.492 e. The summed E-state index contributed by atoms with van der Waals surface area (Å²) in [6, 6.07) is 14.3. The summed E-state index contributed by atoms with van der Waals surface area (Å²) in [7, 11) is -3.42. The summed E-state index contributed by atoms with van der Waals surface area (Å²) >= 11 is 6.29. The van der Waals surface area contributed by atoms with Crippen molar-refractivity contribution in [2.75, 3.05) is 39.3 Å². The van der Waals surface area contributed by atoms with E-state index in [1.807, 2.05) is 24.3 Å². The fraction of sp³-hybridized carbons (Fsp3) is 0.480. The standard InChI is InChI=1S/C25H32ClN3O4S/c26-24-8-2-1-6-20(24)18-28-14-5-7-21(19-28)25(30)27-13-17-33-22-9-11-23(12-10-22)34(31,32)29-15-3-4-16-29/h1-2,6,8-12,21H,3-5,7,13-19H2,(H,27,30)/t21-/m1/s1. The number of carbonyl (C=O) groups is 1. The minimum atomic E-state index is -3.42. The molecule has 2 aromatic rings. The first kappa shape index (κ1) is 25.0. The van der Waals surface area contributed by atoms with Gasteiger partial charge < -0.3 is 10.1 Å². The van der Waals surface area contributed by atoms with Gasteiger partial charge in [-0.2, -0.15) is 4.31 Å². The number of sulfonamides is 1. The quantitative estimate of drug-likeness (QED) is 0.527. The van der Waals surface area contributed by atoms with Crippen molar-refractivity contribution in [1.82, 2.24) is 14.5 Å².